The summed E-state index contributed by atoms with van der Waals surface area (Å²) in [6.45, 7) is 1.51. The van der Waals surface area contributed by atoms with Gasteiger partial charge in [0.2, 0.25) is 21.1 Å². The summed E-state index contributed by atoms with van der Waals surface area (Å²) >= 11 is 1.21. The minimum absolute atomic E-state index is 0.295. The van der Waals surface area contributed by atoms with Crippen molar-refractivity contribution in [2.75, 3.05) is 23.0 Å². The zero-order chi connectivity index (χ0) is 21.0. The molecule has 29 heavy (non-hydrogen) atoms. The average molecular weight is 433 g/mol. The molecule has 1 heterocycles. The third kappa shape index (κ3) is 4.90. The average Bonchev–Trinajstić information content (AvgIpc) is 3.16. The number of carbonyl (C=O) groups excluding carboxylic acids is 1. The van der Waals surface area contributed by atoms with Gasteiger partial charge in [0.15, 0.2) is 0 Å². The van der Waals surface area contributed by atoms with Gasteiger partial charge in [0.05, 0.1) is 19.1 Å². The Hall–Kier alpha value is -2.98. The van der Waals surface area contributed by atoms with Crippen LogP contribution in [-0.4, -0.2) is 43.9 Å². The molecule has 1 atom stereocenters. The Balaban J connectivity index is 1.80. The molecule has 0 aliphatic carbocycles. The first-order valence-corrected chi connectivity index (χ1v) is 11.3. The maximum absolute atomic E-state index is 12.7. The second kappa shape index (κ2) is 8.58. The van der Waals surface area contributed by atoms with E-state index in [1.54, 1.807) is 24.3 Å². The number of amides is 1. The first kappa shape index (κ1) is 20.7. The van der Waals surface area contributed by atoms with E-state index in [0.717, 1.165) is 16.1 Å². The summed E-state index contributed by atoms with van der Waals surface area (Å²) in [7, 11) is -2.19. The van der Waals surface area contributed by atoms with Gasteiger partial charge in [-0.2, -0.15) is 0 Å². The molecule has 0 bridgehead atoms. The summed E-state index contributed by atoms with van der Waals surface area (Å²) in [6.07, 6.45) is 1.06. The third-order valence-electron chi connectivity index (χ3n) is 4.09. The van der Waals surface area contributed by atoms with Crippen LogP contribution in [0, 0.1) is 0 Å². The minimum Gasteiger partial charge on any atom is -0.497 e. The number of aromatic nitrogens is 2. The lowest BCUT2D eigenvalue weighted by Crippen LogP contribution is -2.45. The standard InChI is InChI=1S/C19H20N4O4S2/c1-13(23(29(3,25)26)15-9-11-16(27-2)12-10-15)17(24)20-19-22-21-18(28-19)14-7-5-4-6-8-14/h4-13H,1-3H3,(H,20,22,24). The highest BCUT2D eigenvalue weighted by atomic mass is 32.2. The fraction of sp³-hybridized carbons (Fsp3) is 0.211. The first-order valence-electron chi connectivity index (χ1n) is 8.63. The quantitative estimate of drug-likeness (QED) is 0.616. The summed E-state index contributed by atoms with van der Waals surface area (Å²) in [6, 6.07) is 14.9. The van der Waals surface area contributed by atoms with Crippen LogP contribution in [0.5, 0.6) is 5.75 Å². The van der Waals surface area contributed by atoms with Crippen LogP contribution in [0.25, 0.3) is 10.6 Å². The SMILES string of the molecule is COc1ccc(N(C(C)C(=O)Nc2nnc(-c3ccccc3)s2)S(C)(=O)=O)cc1. The highest BCUT2D eigenvalue weighted by Gasteiger charge is 2.29. The van der Waals surface area contributed by atoms with Crippen molar-refractivity contribution in [2.45, 2.75) is 13.0 Å². The van der Waals surface area contributed by atoms with Crippen LogP contribution in [0.1, 0.15) is 6.92 Å². The van der Waals surface area contributed by atoms with Crippen molar-refractivity contribution in [3.63, 3.8) is 0 Å². The maximum Gasteiger partial charge on any atom is 0.249 e. The second-order valence-corrected chi connectivity index (χ2v) is 9.04. The number of nitrogens with one attached hydrogen (secondary N) is 1. The number of benzene rings is 2. The number of ether oxygens (including phenoxy) is 1. The number of nitrogens with zero attached hydrogens (tertiary/aromatic N) is 3. The molecule has 2 aromatic carbocycles. The number of rotatable bonds is 7. The Labute approximate surface area is 173 Å². The van der Waals surface area contributed by atoms with E-state index < -0.39 is 22.0 Å². The Morgan fingerprint density at radius 2 is 1.76 bits per heavy atom. The second-order valence-electron chi connectivity index (χ2n) is 6.20. The number of carbonyl (C=O) groups is 1. The lowest BCUT2D eigenvalue weighted by molar-refractivity contribution is -0.116. The number of anilines is 2. The lowest BCUT2D eigenvalue weighted by Gasteiger charge is -2.28. The molecule has 8 nitrogen and oxygen atoms in total. The van der Waals surface area contributed by atoms with Gasteiger partial charge in [-0.15, -0.1) is 10.2 Å². The summed E-state index contributed by atoms with van der Waals surface area (Å²) < 4.78 is 30.9. The van der Waals surface area contributed by atoms with E-state index in [4.69, 9.17) is 4.74 Å². The molecule has 1 unspecified atom stereocenters. The monoisotopic (exact) mass is 432 g/mol. The van der Waals surface area contributed by atoms with Gasteiger partial charge < -0.3 is 4.74 Å². The molecule has 0 saturated heterocycles. The van der Waals surface area contributed by atoms with E-state index in [-0.39, 0.29) is 0 Å². The van der Waals surface area contributed by atoms with Crippen molar-refractivity contribution in [1.82, 2.24) is 10.2 Å². The summed E-state index contributed by atoms with van der Waals surface area (Å²) in [5.41, 5.74) is 1.24. The van der Waals surface area contributed by atoms with Gasteiger partial charge in [-0.05, 0) is 31.2 Å². The highest BCUT2D eigenvalue weighted by Crippen LogP contribution is 2.27. The van der Waals surface area contributed by atoms with E-state index >= 15 is 0 Å². The molecule has 10 heteroatoms. The van der Waals surface area contributed by atoms with Crippen LogP contribution in [0.15, 0.2) is 54.6 Å². The van der Waals surface area contributed by atoms with Crippen LogP contribution >= 0.6 is 11.3 Å². The molecule has 0 spiro atoms. The predicted molar refractivity (Wildman–Crippen MR) is 114 cm³/mol. The molecular formula is C19H20N4O4S2. The van der Waals surface area contributed by atoms with Crippen molar-refractivity contribution < 1.29 is 17.9 Å². The number of hydrogen-bond donors (Lipinski definition) is 1. The number of hydrogen-bond acceptors (Lipinski definition) is 7. The van der Waals surface area contributed by atoms with Crippen LogP contribution in [0.4, 0.5) is 10.8 Å². The largest absolute Gasteiger partial charge is 0.497 e. The number of sulfonamides is 1. The molecule has 1 amide bonds. The maximum atomic E-state index is 12.7. The molecule has 152 valence electrons. The summed E-state index contributed by atoms with van der Waals surface area (Å²) in [4.78, 5) is 12.7. The van der Waals surface area contributed by atoms with Crippen LogP contribution < -0.4 is 14.4 Å². The summed E-state index contributed by atoms with van der Waals surface area (Å²) in [5.74, 6) is 0.0728. The van der Waals surface area contributed by atoms with E-state index in [0.29, 0.717) is 21.6 Å². The van der Waals surface area contributed by atoms with Crippen molar-refractivity contribution >= 4 is 38.1 Å². The fourth-order valence-electron chi connectivity index (χ4n) is 2.72. The molecule has 1 N–H and O–H groups in total. The Kier molecular flexibility index (Phi) is 6.14. The molecule has 0 aliphatic rings. The van der Waals surface area contributed by atoms with Crippen LogP contribution in [0.2, 0.25) is 0 Å². The normalized spacial score (nSPS) is 12.2. The number of methoxy groups -OCH3 is 1. The van der Waals surface area contributed by atoms with Crippen molar-refractivity contribution in [3.05, 3.63) is 54.6 Å². The minimum atomic E-state index is -3.71. The zero-order valence-electron chi connectivity index (χ0n) is 16.1. The van der Waals surface area contributed by atoms with Gasteiger partial charge in [-0.25, -0.2) is 8.42 Å². The van der Waals surface area contributed by atoms with Crippen molar-refractivity contribution in [1.29, 1.82) is 0 Å². The molecule has 3 aromatic rings. The molecule has 0 radical (unpaired) electrons. The predicted octanol–water partition coefficient (Wildman–Crippen LogP) is 3.01. The molecule has 3 rings (SSSR count). The zero-order valence-corrected chi connectivity index (χ0v) is 17.7. The molecule has 0 aliphatic heterocycles. The highest BCUT2D eigenvalue weighted by molar-refractivity contribution is 7.92. The topological polar surface area (TPSA) is 101 Å². The van der Waals surface area contributed by atoms with E-state index in [1.165, 1.54) is 25.4 Å². The van der Waals surface area contributed by atoms with Gasteiger partial charge in [0.1, 0.15) is 16.8 Å². The van der Waals surface area contributed by atoms with Gasteiger partial charge in [-0.3, -0.25) is 14.4 Å². The molecule has 1 aromatic heterocycles. The molecular weight excluding hydrogens is 412 g/mol. The molecule has 0 saturated carbocycles. The Morgan fingerprint density at radius 3 is 2.34 bits per heavy atom. The van der Waals surface area contributed by atoms with E-state index in [1.807, 2.05) is 30.3 Å². The lowest BCUT2D eigenvalue weighted by atomic mass is 10.2. The van der Waals surface area contributed by atoms with Crippen LogP contribution in [-0.2, 0) is 14.8 Å². The smallest absolute Gasteiger partial charge is 0.249 e. The van der Waals surface area contributed by atoms with Crippen molar-refractivity contribution in [3.8, 4) is 16.3 Å². The summed E-state index contributed by atoms with van der Waals surface area (Å²) in [5, 5.41) is 11.7. The molecule has 0 fully saturated rings. The Bertz CT molecular complexity index is 1080. The van der Waals surface area contributed by atoms with Gasteiger partial charge >= 0.3 is 0 Å². The first-order chi connectivity index (χ1) is 13.8. The fourth-order valence-corrected chi connectivity index (χ4v) is 4.65. The van der Waals surface area contributed by atoms with E-state index in [9.17, 15) is 13.2 Å². The Morgan fingerprint density at radius 1 is 1.10 bits per heavy atom. The van der Waals surface area contributed by atoms with Crippen molar-refractivity contribution in [2.24, 2.45) is 0 Å². The van der Waals surface area contributed by atoms with Gasteiger partial charge in [0.25, 0.3) is 0 Å². The van der Waals surface area contributed by atoms with Gasteiger partial charge in [-0.1, -0.05) is 41.7 Å². The van der Waals surface area contributed by atoms with Crippen LogP contribution in [0.3, 0.4) is 0 Å². The van der Waals surface area contributed by atoms with E-state index in [2.05, 4.69) is 15.5 Å². The third-order valence-corrected chi connectivity index (χ3v) is 6.22. The van der Waals surface area contributed by atoms with Gasteiger partial charge in [0, 0.05) is 5.56 Å².